The lowest BCUT2D eigenvalue weighted by atomic mass is 10.2. The van der Waals surface area contributed by atoms with Crippen LogP contribution in [0.15, 0.2) is 12.8 Å². The smallest absolute Gasteiger partial charge is 0.112 e. The molecule has 0 amide bonds. The van der Waals surface area contributed by atoms with Gasteiger partial charge in [-0.2, -0.15) is 0 Å². The summed E-state index contributed by atoms with van der Waals surface area (Å²) >= 11 is 0. The Labute approximate surface area is 55.9 Å². The molecule has 2 nitrogen and oxygen atoms in total. The average Bonchev–Trinajstić information content (AvgIpc) is 2.17. The van der Waals surface area contributed by atoms with Gasteiger partial charge in [-0.05, 0) is 6.92 Å². The molecule has 1 fully saturated rings. The maximum atomic E-state index is 5.17. The van der Waals surface area contributed by atoms with E-state index in [-0.39, 0.29) is 0 Å². The van der Waals surface area contributed by atoms with Gasteiger partial charge in [0.05, 0.1) is 6.26 Å². The van der Waals surface area contributed by atoms with Gasteiger partial charge >= 0.3 is 0 Å². The number of nitrogens with one attached hydrogen (secondary N) is 1. The van der Waals surface area contributed by atoms with Gasteiger partial charge in [-0.15, -0.1) is 0 Å². The van der Waals surface area contributed by atoms with Crippen LogP contribution in [0.5, 0.6) is 0 Å². The Bertz CT molecular complexity index is 103. The van der Waals surface area contributed by atoms with E-state index in [1.165, 1.54) is 6.26 Å². The highest BCUT2D eigenvalue weighted by Gasteiger charge is 2.20. The summed E-state index contributed by atoms with van der Waals surface area (Å²) in [6.45, 7) is 6.62. The van der Waals surface area contributed by atoms with Crippen LogP contribution in [0, 0.1) is 0 Å². The lowest BCUT2D eigenvalue weighted by Gasteiger charge is -2.05. The molecular formula is C7H13NO. The second-order valence-electron chi connectivity index (χ2n) is 2.47. The summed E-state index contributed by atoms with van der Waals surface area (Å²) in [6, 6.07) is 0.606. The highest BCUT2D eigenvalue weighted by molar-refractivity contribution is 4.79. The maximum Gasteiger partial charge on any atom is 0.112 e. The van der Waals surface area contributed by atoms with Crippen LogP contribution in [0.4, 0.5) is 0 Å². The Kier molecular flexibility index (Phi) is 2.11. The maximum absolute atomic E-state index is 5.17. The number of ether oxygens (including phenoxy) is 1. The molecule has 0 aromatic heterocycles. The predicted octanol–water partition coefficient (Wildman–Crippen LogP) is 0.897. The summed E-state index contributed by atoms with van der Waals surface area (Å²) in [7, 11) is 0. The molecule has 0 bridgehead atoms. The highest BCUT2D eigenvalue weighted by atomic mass is 16.5. The van der Waals surface area contributed by atoms with Crippen molar-refractivity contribution in [2.75, 3.05) is 6.54 Å². The molecule has 1 heterocycles. The average molecular weight is 127 g/mol. The SMILES string of the molecule is C=CO[C@@H]1CNC(C)C1. The second kappa shape index (κ2) is 2.87. The molecule has 1 aliphatic rings. The minimum absolute atomic E-state index is 0.359. The third-order valence-corrected chi connectivity index (χ3v) is 1.60. The number of hydrogen-bond acceptors (Lipinski definition) is 2. The number of rotatable bonds is 2. The van der Waals surface area contributed by atoms with Crippen LogP contribution in [-0.4, -0.2) is 18.7 Å². The van der Waals surface area contributed by atoms with E-state index in [0.29, 0.717) is 12.1 Å². The third kappa shape index (κ3) is 1.72. The fourth-order valence-corrected chi connectivity index (χ4v) is 1.13. The molecule has 0 aliphatic carbocycles. The standard InChI is InChI=1S/C7H13NO/c1-3-9-7-4-6(2)8-5-7/h3,6-8H,1,4-5H2,2H3/t6?,7-/m0/s1. The Morgan fingerprint density at radius 1 is 1.78 bits per heavy atom. The summed E-state index contributed by atoms with van der Waals surface area (Å²) in [6.07, 6.45) is 2.98. The summed E-state index contributed by atoms with van der Waals surface area (Å²) < 4.78 is 5.17. The molecule has 0 aromatic carbocycles. The summed E-state index contributed by atoms with van der Waals surface area (Å²) in [4.78, 5) is 0. The Morgan fingerprint density at radius 2 is 2.56 bits per heavy atom. The van der Waals surface area contributed by atoms with Crippen LogP contribution in [0.2, 0.25) is 0 Å². The molecule has 1 N–H and O–H groups in total. The summed E-state index contributed by atoms with van der Waals surface area (Å²) in [5.41, 5.74) is 0. The molecule has 0 spiro atoms. The Balaban J connectivity index is 2.21. The largest absolute Gasteiger partial charge is 0.497 e. The van der Waals surface area contributed by atoms with Crippen LogP contribution in [0.25, 0.3) is 0 Å². The first-order valence-electron chi connectivity index (χ1n) is 3.32. The van der Waals surface area contributed by atoms with Crippen molar-refractivity contribution in [3.8, 4) is 0 Å². The molecule has 2 heteroatoms. The van der Waals surface area contributed by atoms with Gasteiger partial charge < -0.3 is 10.1 Å². The molecule has 1 aliphatic heterocycles. The Hall–Kier alpha value is -0.500. The fraction of sp³-hybridized carbons (Fsp3) is 0.714. The van der Waals surface area contributed by atoms with Crippen molar-refractivity contribution in [3.05, 3.63) is 12.8 Å². The van der Waals surface area contributed by atoms with Gasteiger partial charge in [0.2, 0.25) is 0 Å². The normalized spacial score (nSPS) is 34.3. The minimum Gasteiger partial charge on any atom is -0.497 e. The first-order valence-corrected chi connectivity index (χ1v) is 3.32. The molecule has 0 aromatic rings. The van der Waals surface area contributed by atoms with Crippen LogP contribution in [0.3, 0.4) is 0 Å². The monoisotopic (exact) mass is 127 g/mol. The summed E-state index contributed by atoms with van der Waals surface area (Å²) in [5.74, 6) is 0. The van der Waals surface area contributed by atoms with E-state index in [1.54, 1.807) is 0 Å². The molecule has 0 radical (unpaired) electrons. The van der Waals surface area contributed by atoms with E-state index < -0.39 is 0 Å². The van der Waals surface area contributed by atoms with Crippen LogP contribution in [0.1, 0.15) is 13.3 Å². The fourth-order valence-electron chi connectivity index (χ4n) is 1.13. The lowest BCUT2D eigenvalue weighted by molar-refractivity contribution is 0.161. The molecule has 9 heavy (non-hydrogen) atoms. The quantitative estimate of drug-likeness (QED) is 0.556. The van der Waals surface area contributed by atoms with Gasteiger partial charge in [-0.25, -0.2) is 0 Å². The van der Waals surface area contributed by atoms with Crippen LogP contribution >= 0.6 is 0 Å². The Morgan fingerprint density at radius 3 is 3.00 bits per heavy atom. The first-order chi connectivity index (χ1) is 4.33. The van der Waals surface area contributed by atoms with Crippen LogP contribution < -0.4 is 5.32 Å². The second-order valence-corrected chi connectivity index (χ2v) is 2.47. The predicted molar refractivity (Wildman–Crippen MR) is 37.2 cm³/mol. The summed E-state index contributed by atoms with van der Waals surface area (Å²) in [5, 5.41) is 3.28. The zero-order valence-corrected chi connectivity index (χ0v) is 5.76. The van der Waals surface area contributed by atoms with Gasteiger partial charge in [-0.3, -0.25) is 0 Å². The van der Waals surface area contributed by atoms with Gasteiger partial charge in [0.15, 0.2) is 0 Å². The van der Waals surface area contributed by atoms with Crippen molar-refractivity contribution in [1.82, 2.24) is 5.32 Å². The van der Waals surface area contributed by atoms with Crippen molar-refractivity contribution in [2.45, 2.75) is 25.5 Å². The first kappa shape index (κ1) is 6.62. The van der Waals surface area contributed by atoms with Crippen LogP contribution in [-0.2, 0) is 4.74 Å². The van der Waals surface area contributed by atoms with Crippen molar-refractivity contribution in [1.29, 1.82) is 0 Å². The van der Waals surface area contributed by atoms with Crippen molar-refractivity contribution in [3.63, 3.8) is 0 Å². The molecule has 0 saturated carbocycles. The van der Waals surface area contributed by atoms with E-state index >= 15 is 0 Å². The zero-order valence-electron chi connectivity index (χ0n) is 5.76. The minimum atomic E-state index is 0.359. The van der Waals surface area contributed by atoms with Crippen molar-refractivity contribution >= 4 is 0 Å². The van der Waals surface area contributed by atoms with E-state index in [4.69, 9.17) is 4.74 Å². The topological polar surface area (TPSA) is 21.3 Å². The van der Waals surface area contributed by atoms with E-state index in [0.717, 1.165) is 13.0 Å². The lowest BCUT2D eigenvalue weighted by Crippen LogP contribution is -2.17. The van der Waals surface area contributed by atoms with Gasteiger partial charge in [0, 0.05) is 19.0 Å². The van der Waals surface area contributed by atoms with Gasteiger partial charge in [0.25, 0.3) is 0 Å². The molecule has 1 saturated heterocycles. The number of hydrogen-bond donors (Lipinski definition) is 1. The van der Waals surface area contributed by atoms with Gasteiger partial charge in [0.1, 0.15) is 6.10 Å². The van der Waals surface area contributed by atoms with Crippen molar-refractivity contribution < 1.29 is 4.74 Å². The van der Waals surface area contributed by atoms with E-state index in [9.17, 15) is 0 Å². The zero-order chi connectivity index (χ0) is 6.69. The molecular weight excluding hydrogens is 114 g/mol. The molecule has 1 unspecified atom stereocenters. The third-order valence-electron chi connectivity index (χ3n) is 1.60. The highest BCUT2D eigenvalue weighted by Crippen LogP contribution is 2.08. The molecule has 52 valence electrons. The van der Waals surface area contributed by atoms with E-state index in [1.807, 2.05) is 0 Å². The van der Waals surface area contributed by atoms with E-state index in [2.05, 4.69) is 18.8 Å². The van der Waals surface area contributed by atoms with Crippen molar-refractivity contribution in [2.24, 2.45) is 0 Å². The van der Waals surface area contributed by atoms with Gasteiger partial charge in [-0.1, -0.05) is 6.58 Å². The molecule has 2 atom stereocenters. The molecule has 1 rings (SSSR count).